The van der Waals surface area contributed by atoms with Gasteiger partial charge in [-0.2, -0.15) is 0 Å². The molecule has 0 aliphatic carbocycles. The first-order chi connectivity index (χ1) is 10.1. The second-order valence-corrected chi connectivity index (χ2v) is 5.04. The number of nitrogens with zero attached hydrogens (tertiary/aromatic N) is 1. The molecule has 0 heterocycles. The van der Waals surface area contributed by atoms with Gasteiger partial charge in [-0.15, -0.1) is 0 Å². The largest absolute Gasteiger partial charge is 0.399 e. The van der Waals surface area contributed by atoms with Crippen molar-refractivity contribution >= 4 is 17.7 Å². The third kappa shape index (κ3) is 3.96. The van der Waals surface area contributed by atoms with E-state index in [4.69, 9.17) is 5.73 Å². The van der Waals surface area contributed by atoms with E-state index in [-0.39, 0.29) is 11.9 Å². The van der Waals surface area contributed by atoms with E-state index in [9.17, 15) is 4.79 Å². The lowest BCUT2D eigenvalue weighted by Gasteiger charge is -2.24. The fourth-order valence-corrected chi connectivity index (χ4v) is 2.09. The summed E-state index contributed by atoms with van der Waals surface area (Å²) in [5.41, 5.74) is 8.45. The molecule has 2 aromatic carbocycles. The summed E-state index contributed by atoms with van der Waals surface area (Å²) in [6.07, 6.45) is 3.36. The molecule has 2 aromatic rings. The number of carbonyl (C=O) groups is 1. The minimum Gasteiger partial charge on any atom is -0.399 e. The predicted molar refractivity (Wildman–Crippen MR) is 87.5 cm³/mol. The number of likely N-dealkylation sites (N-methyl/N-ethyl adjacent to an activating group) is 1. The second kappa shape index (κ2) is 6.75. The molecule has 0 fully saturated rings. The molecule has 0 saturated carbocycles. The summed E-state index contributed by atoms with van der Waals surface area (Å²) in [7, 11) is 1.81. The highest BCUT2D eigenvalue weighted by Crippen LogP contribution is 2.18. The number of rotatable bonds is 4. The van der Waals surface area contributed by atoms with E-state index in [0.29, 0.717) is 5.69 Å². The molecule has 1 unspecified atom stereocenters. The normalized spacial score (nSPS) is 12.3. The maximum atomic E-state index is 12.2. The fraction of sp³-hybridized carbons (Fsp3) is 0.167. The van der Waals surface area contributed by atoms with Crippen molar-refractivity contribution in [1.29, 1.82) is 0 Å². The minimum atomic E-state index is -0.0335. The number of nitrogen functional groups attached to an aromatic ring is 1. The Balaban J connectivity index is 2.06. The van der Waals surface area contributed by atoms with E-state index in [2.05, 4.69) is 0 Å². The molecule has 2 rings (SSSR count). The van der Waals surface area contributed by atoms with Crippen molar-refractivity contribution in [3.8, 4) is 0 Å². The van der Waals surface area contributed by atoms with Gasteiger partial charge in [-0.05, 0) is 36.3 Å². The van der Waals surface area contributed by atoms with E-state index in [0.717, 1.165) is 11.1 Å². The summed E-state index contributed by atoms with van der Waals surface area (Å²) < 4.78 is 0. The van der Waals surface area contributed by atoms with Gasteiger partial charge in [0.15, 0.2) is 0 Å². The fourth-order valence-electron chi connectivity index (χ4n) is 2.09. The average molecular weight is 280 g/mol. The zero-order chi connectivity index (χ0) is 15.2. The Bertz CT molecular complexity index is 635. The van der Waals surface area contributed by atoms with Gasteiger partial charge in [0, 0.05) is 18.8 Å². The van der Waals surface area contributed by atoms with Crippen LogP contribution < -0.4 is 5.73 Å². The van der Waals surface area contributed by atoms with Crippen molar-refractivity contribution in [1.82, 2.24) is 4.90 Å². The van der Waals surface area contributed by atoms with Crippen molar-refractivity contribution in [3.63, 3.8) is 0 Å². The van der Waals surface area contributed by atoms with Crippen molar-refractivity contribution in [2.24, 2.45) is 0 Å². The Labute approximate surface area is 125 Å². The lowest BCUT2D eigenvalue weighted by molar-refractivity contribution is -0.126. The van der Waals surface area contributed by atoms with Gasteiger partial charge in [0.1, 0.15) is 0 Å². The molecular weight excluding hydrogens is 260 g/mol. The highest BCUT2D eigenvalue weighted by Gasteiger charge is 2.14. The van der Waals surface area contributed by atoms with Crippen LogP contribution in [0.4, 0.5) is 5.69 Å². The highest BCUT2D eigenvalue weighted by atomic mass is 16.2. The van der Waals surface area contributed by atoms with E-state index >= 15 is 0 Å². The van der Waals surface area contributed by atoms with Crippen molar-refractivity contribution in [3.05, 3.63) is 71.8 Å². The van der Waals surface area contributed by atoms with Gasteiger partial charge < -0.3 is 10.6 Å². The van der Waals surface area contributed by atoms with E-state index in [1.54, 1.807) is 17.1 Å². The third-order valence-electron chi connectivity index (χ3n) is 3.54. The van der Waals surface area contributed by atoms with Crippen LogP contribution in [-0.4, -0.2) is 17.9 Å². The lowest BCUT2D eigenvalue weighted by atomic mass is 10.1. The van der Waals surface area contributed by atoms with E-state index in [1.807, 2.05) is 68.6 Å². The molecule has 21 heavy (non-hydrogen) atoms. The zero-order valence-corrected chi connectivity index (χ0v) is 12.4. The second-order valence-electron chi connectivity index (χ2n) is 5.04. The van der Waals surface area contributed by atoms with Gasteiger partial charge in [-0.3, -0.25) is 4.79 Å². The molecule has 1 amide bonds. The van der Waals surface area contributed by atoms with Gasteiger partial charge in [0.2, 0.25) is 5.91 Å². The molecule has 0 aliphatic heterocycles. The first kappa shape index (κ1) is 14.9. The molecule has 0 radical (unpaired) electrons. The standard InChI is InChI=1S/C18H20N2O/c1-14(16-8-4-3-5-9-16)20(2)18(21)12-11-15-7-6-10-17(19)13-15/h3-14H,19H2,1-2H3/b12-11+. The number of carbonyl (C=O) groups excluding carboxylic acids is 1. The van der Waals surface area contributed by atoms with Crippen LogP contribution in [0, 0.1) is 0 Å². The summed E-state index contributed by atoms with van der Waals surface area (Å²) >= 11 is 0. The lowest BCUT2D eigenvalue weighted by Crippen LogP contribution is -2.27. The van der Waals surface area contributed by atoms with Gasteiger partial charge in [-0.25, -0.2) is 0 Å². The molecule has 0 saturated heterocycles. The number of anilines is 1. The summed E-state index contributed by atoms with van der Waals surface area (Å²) in [6, 6.07) is 17.5. The Morgan fingerprint density at radius 1 is 1.14 bits per heavy atom. The molecule has 1 atom stereocenters. The molecule has 2 N–H and O–H groups in total. The summed E-state index contributed by atoms with van der Waals surface area (Å²) in [5, 5.41) is 0. The molecule has 0 spiro atoms. The SMILES string of the molecule is CC(c1ccccc1)N(C)C(=O)/C=C/c1cccc(N)c1. The smallest absolute Gasteiger partial charge is 0.246 e. The van der Waals surface area contributed by atoms with Crippen LogP contribution in [-0.2, 0) is 4.79 Å². The van der Waals surface area contributed by atoms with Crippen LogP contribution in [0.15, 0.2) is 60.7 Å². The Morgan fingerprint density at radius 2 is 1.86 bits per heavy atom. The number of nitrogens with two attached hydrogens (primary N) is 1. The predicted octanol–water partition coefficient (Wildman–Crippen LogP) is 3.50. The Hall–Kier alpha value is -2.55. The van der Waals surface area contributed by atoms with Gasteiger partial charge in [0.25, 0.3) is 0 Å². The number of hydrogen-bond donors (Lipinski definition) is 1. The Kier molecular flexibility index (Phi) is 4.77. The highest BCUT2D eigenvalue weighted by molar-refractivity contribution is 5.92. The van der Waals surface area contributed by atoms with E-state index < -0.39 is 0 Å². The Morgan fingerprint density at radius 3 is 2.52 bits per heavy atom. The molecule has 3 heteroatoms. The van der Waals surface area contributed by atoms with Gasteiger partial charge in [-0.1, -0.05) is 42.5 Å². The minimum absolute atomic E-state index is 0.0317. The molecule has 108 valence electrons. The van der Waals surface area contributed by atoms with Crippen LogP contribution in [0.2, 0.25) is 0 Å². The van der Waals surface area contributed by atoms with Crippen LogP contribution in [0.3, 0.4) is 0 Å². The van der Waals surface area contributed by atoms with Crippen LogP contribution in [0.25, 0.3) is 6.08 Å². The molecule has 3 nitrogen and oxygen atoms in total. The molecule has 0 aromatic heterocycles. The topological polar surface area (TPSA) is 46.3 Å². The van der Waals surface area contributed by atoms with Gasteiger partial charge in [0.05, 0.1) is 6.04 Å². The van der Waals surface area contributed by atoms with Crippen molar-refractivity contribution in [2.45, 2.75) is 13.0 Å². The van der Waals surface area contributed by atoms with Crippen molar-refractivity contribution in [2.75, 3.05) is 12.8 Å². The van der Waals surface area contributed by atoms with E-state index in [1.165, 1.54) is 0 Å². The maximum absolute atomic E-state index is 12.2. The zero-order valence-electron chi connectivity index (χ0n) is 12.4. The first-order valence-corrected chi connectivity index (χ1v) is 6.93. The maximum Gasteiger partial charge on any atom is 0.246 e. The number of benzene rings is 2. The monoisotopic (exact) mass is 280 g/mol. The third-order valence-corrected chi connectivity index (χ3v) is 3.54. The van der Waals surface area contributed by atoms with Crippen LogP contribution in [0.5, 0.6) is 0 Å². The summed E-state index contributed by atoms with van der Waals surface area (Å²) in [5.74, 6) is -0.0335. The average Bonchev–Trinajstić information content (AvgIpc) is 2.52. The molecule has 0 bridgehead atoms. The summed E-state index contributed by atoms with van der Waals surface area (Å²) in [4.78, 5) is 13.9. The summed E-state index contributed by atoms with van der Waals surface area (Å²) in [6.45, 7) is 2.02. The van der Waals surface area contributed by atoms with Crippen LogP contribution in [0.1, 0.15) is 24.1 Å². The molecule has 0 aliphatic rings. The quantitative estimate of drug-likeness (QED) is 0.688. The number of amides is 1. The number of hydrogen-bond acceptors (Lipinski definition) is 2. The molecular formula is C18H20N2O. The van der Waals surface area contributed by atoms with Crippen molar-refractivity contribution < 1.29 is 4.79 Å². The van der Waals surface area contributed by atoms with Crippen LogP contribution >= 0.6 is 0 Å². The first-order valence-electron chi connectivity index (χ1n) is 6.93. The van der Waals surface area contributed by atoms with Gasteiger partial charge >= 0.3 is 0 Å².